The summed E-state index contributed by atoms with van der Waals surface area (Å²) in [5.74, 6) is 0.248. The van der Waals surface area contributed by atoms with Crippen LogP contribution in [0, 0.1) is 40.5 Å². The van der Waals surface area contributed by atoms with Crippen LogP contribution >= 0.6 is 0 Å². The van der Waals surface area contributed by atoms with Crippen LogP contribution in [-0.2, 0) is 10.0 Å². The Morgan fingerprint density at radius 3 is 1.71 bits per heavy atom. The van der Waals surface area contributed by atoms with Gasteiger partial charge in [0.05, 0.1) is 4.90 Å². The number of nitrogens with one attached hydrogen (secondary N) is 2. The van der Waals surface area contributed by atoms with E-state index < -0.39 is 10.0 Å². The highest BCUT2D eigenvalue weighted by Gasteiger charge is 2.23. The fourth-order valence-corrected chi connectivity index (χ4v) is 4.37. The van der Waals surface area contributed by atoms with Crippen LogP contribution in [0.4, 0.5) is 0 Å². The Balaban J connectivity index is 3.21. The minimum atomic E-state index is -3.47. The lowest BCUT2D eigenvalue weighted by Crippen LogP contribution is -2.33. The molecule has 0 saturated carbocycles. The van der Waals surface area contributed by atoms with E-state index in [1.165, 1.54) is 5.56 Å². The van der Waals surface area contributed by atoms with Crippen molar-refractivity contribution in [2.24, 2.45) is 5.92 Å². The van der Waals surface area contributed by atoms with Crippen LogP contribution in [0.15, 0.2) is 4.90 Å². The van der Waals surface area contributed by atoms with Gasteiger partial charge in [0.1, 0.15) is 0 Å². The summed E-state index contributed by atoms with van der Waals surface area (Å²) in [5, 5.41) is 3.06. The summed E-state index contributed by atoms with van der Waals surface area (Å²) in [5.41, 5.74) is 4.99. The van der Waals surface area contributed by atoms with Gasteiger partial charge in [-0.15, -0.1) is 0 Å². The number of sulfonamides is 1. The highest BCUT2D eigenvalue weighted by atomic mass is 32.2. The Kier molecular flexibility index (Phi) is 5.96. The van der Waals surface area contributed by atoms with Crippen molar-refractivity contribution in [2.75, 3.05) is 20.1 Å². The fourth-order valence-electron chi connectivity index (χ4n) is 2.61. The second-order valence-electron chi connectivity index (χ2n) is 5.97. The molecule has 1 unspecified atom stereocenters. The van der Waals surface area contributed by atoms with Gasteiger partial charge in [0.2, 0.25) is 10.0 Å². The molecule has 0 amide bonds. The zero-order valence-corrected chi connectivity index (χ0v) is 15.0. The smallest absolute Gasteiger partial charge is 0.241 e. The highest BCUT2D eigenvalue weighted by molar-refractivity contribution is 7.89. The summed E-state index contributed by atoms with van der Waals surface area (Å²) in [6.07, 6.45) is 0. The Bertz CT molecular complexity index is 593. The van der Waals surface area contributed by atoms with Crippen molar-refractivity contribution in [3.05, 3.63) is 27.8 Å². The molecule has 5 heteroatoms. The van der Waals surface area contributed by atoms with Crippen molar-refractivity contribution in [1.29, 1.82) is 0 Å². The zero-order chi connectivity index (χ0) is 16.4. The van der Waals surface area contributed by atoms with Gasteiger partial charge in [0.25, 0.3) is 0 Å². The van der Waals surface area contributed by atoms with E-state index in [1.54, 1.807) is 0 Å². The number of benzene rings is 1. The van der Waals surface area contributed by atoms with Crippen molar-refractivity contribution < 1.29 is 8.42 Å². The van der Waals surface area contributed by atoms with Crippen LogP contribution in [-0.4, -0.2) is 28.6 Å². The first-order valence-electron chi connectivity index (χ1n) is 7.34. The summed E-state index contributed by atoms with van der Waals surface area (Å²) in [7, 11) is -1.61. The van der Waals surface area contributed by atoms with Crippen LogP contribution < -0.4 is 10.0 Å². The molecule has 0 fully saturated rings. The molecule has 120 valence electrons. The molecular formula is C16H28N2O2S. The minimum absolute atomic E-state index is 0.248. The van der Waals surface area contributed by atoms with Crippen molar-refractivity contribution in [3.8, 4) is 0 Å². The van der Waals surface area contributed by atoms with E-state index in [0.717, 1.165) is 28.8 Å². The van der Waals surface area contributed by atoms with Gasteiger partial charge in [-0.25, -0.2) is 13.1 Å². The second-order valence-corrected chi connectivity index (χ2v) is 7.67. The number of hydrogen-bond acceptors (Lipinski definition) is 3. The lowest BCUT2D eigenvalue weighted by molar-refractivity contribution is 0.518. The third kappa shape index (κ3) is 3.84. The molecule has 1 atom stereocenters. The predicted octanol–water partition coefficient (Wildman–Crippen LogP) is 2.36. The van der Waals surface area contributed by atoms with Crippen molar-refractivity contribution in [3.63, 3.8) is 0 Å². The number of rotatable bonds is 6. The lowest BCUT2D eigenvalue weighted by Gasteiger charge is -2.20. The quantitative estimate of drug-likeness (QED) is 0.848. The first-order valence-corrected chi connectivity index (χ1v) is 8.83. The van der Waals surface area contributed by atoms with E-state index in [1.807, 2.05) is 48.6 Å². The Hall–Kier alpha value is -0.910. The fraction of sp³-hybridized carbons (Fsp3) is 0.625. The van der Waals surface area contributed by atoms with Crippen molar-refractivity contribution >= 4 is 10.0 Å². The van der Waals surface area contributed by atoms with Crippen LogP contribution in [0.1, 0.15) is 34.7 Å². The van der Waals surface area contributed by atoms with Crippen LogP contribution in [0.3, 0.4) is 0 Å². The van der Waals surface area contributed by atoms with Gasteiger partial charge in [-0.1, -0.05) is 6.92 Å². The summed E-state index contributed by atoms with van der Waals surface area (Å²) in [6.45, 7) is 13.0. The van der Waals surface area contributed by atoms with E-state index in [-0.39, 0.29) is 5.92 Å². The van der Waals surface area contributed by atoms with Gasteiger partial charge in [-0.05, 0) is 81.9 Å². The Morgan fingerprint density at radius 2 is 1.29 bits per heavy atom. The zero-order valence-electron chi connectivity index (χ0n) is 14.2. The van der Waals surface area contributed by atoms with E-state index in [0.29, 0.717) is 11.4 Å². The highest BCUT2D eigenvalue weighted by Crippen LogP contribution is 2.29. The molecule has 21 heavy (non-hydrogen) atoms. The molecule has 1 aromatic rings. The largest absolute Gasteiger partial charge is 0.319 e. The lowest BCUT2D eigenvalue weighted by atomic mass is 9.95. The van der Waals surface area contributed by atoms with E-state index in [2.05, 4.69) is 10.0 Å². The van der Waals surface area contributed by atoms with Gasteiger partial charge in [-0.2, -0.15) is 0 Å². The summed E-state index contributed by atoms with van der Waals surface area (Å²) in [4.78, 5) is 0.444. The van der Waals surface area contributed by atoms with E-state index in [4.69, 9.17) is 0 Å². The molecule has 0 radical (unpaired) electrons. The molecule has 1 aromatic carbocycles. The topological polar surface area (TPSA) is 58.2 Å². The average Bonchev–Trinajstić information content (AvgIpc) is 2.41. The molecule has 4 nitrogen and oxygen atoms in total. The Morgan fingerprint density at radius 1 is 0.857 bits per heavy atom. The summed E-state index contributed by atoms with van der Waals surface area (Å²) >= 11 is 0. The average molecular weight is 312 g/mol. The van der Waals surface area contributed by atoms with Gasteiger partial charge < -0.3 is 5.32 Å². The molecule has 2 N–H and O–H groups in total. The third-order valence-corrected chi connectivity index (χ3v) is 6.07. The molecule has 0 heterocycles. The van der Waals surface area contributed by atoms with Gasteiger partial charge >= 0.3 is 0 Å². The molecular weight excluding hydrogens is 284 g/mol. The maximum absolute atomic E-state index is 12.7. The summed E-state index contributed by atoms with van der Waals surface area (Å²) < 4.78 is 28.1. The maximum Gasteiger partial charge on any atom is 0.241 e. The minimum Gasteiger partial charge on any atom is -0.319 e. The molecule has 0 aromatic heterocycles. The van der Waals surface area contributed by atoms with Crippen LogP contribution in [0.5, 0.6) is 0 Å². The molecule has 0 saturated heterocycles. The predicted molar refractivity (Wildman–Crippen MR) is 88.4 cm³/mol. The van der Waals surface area contributed by atoms with Crippen molar-refractivity contribution in [2.45, 2.75) is 46.4 Å². The van der Waals surface area contributed by atoms with Gasteiger partial charge in [0.15, 0.2) is 0 Å². The van der Waals surface area contributed by atoms with Crippen LogP contribution in [0.2, 0.25) is 0 Å². The normalized spacial score (nSPS) is 13.5. The third-order valence-electron chi connectivity index (χ3n) is 4.37. The number of hydrogen-bond donors (Lipinski definition) is 2. The van der Waals surface area contributed by atoms with E-state index in [9.17, 15) is 8.42 Å². The van der Waals surface area contributed by atoms with Gasteiger partial charge in [0, 0.05) is 6.54 Å². The Labute approximate surface area is 129 Å². The van der Waals surface area contributed by atoms with Crippen molar-refractivity contribution in [1.82, 2.24) is 10.0 Å². The molecule has 0 aliphatic heterocycles. The van der Waals surface area contributed by atoms with Gasteiger partial charge in [-0.3, -0.25) is 0 Å². The first-order chi connectivity index (χ1) is 9.63. The SMILES string of the molecule is CNCC(C)CNS(=O)(=O)c1c(C)c(C)c(C)c(C)c1C. The molecule has 0 aliphatic carbocycles. The molecule has 1 rings (SSSR count). The summed E-state index contributed by atoms with van der Waals surface area (Å²) in [6, 6.07) is 0. The second kappa shape index (κ2) is 6.90. The molecule has 0 bridgehead atoms. The standard InChI is InChI=1S/C16H28N2O2S/c1-10(8-17-7)9-18-21(19,20)16-14(5)12(3)11(2)13(4)15(16)6/h10,17-18H,8-9H2,1-7H3. The maximum atomic E-state index is 12.7. The van der Waals surface area contributed by atoms with E-state index >= 15 is 0 Å². The monoisotopic (exact) mass is 312 g/mol. The molecule has 0 spiro atoms. The van der Waals surface area contributed by atoms with Crippen LogP contribution in [0.25, 0.3) is 0 Å². The first kappa shape index (κ1) is 18.1. The molecule has 0 aliphatic rings.